The van der Waals surface area contributed by atoms with Crippen LogP contribution in [0.25, 0.3) is 0 Å². The van der Waals surface area contributed by atoms with Gasteiger partial charge in [-0.05, 0) is 74.1 Å². The van der Waals surface area contributed by atoms with Gasteiger partial charge >= 0.3 is 0 Å². The molecule has 1 fully saturated rings. The lowest BCUT2D eigenvalue weighted by molar-refractivity contribution is 0.183. The van der Waals surface area contributed by atoms with Crippen molar-refractivity contribution in [3.05, 3.63) is 34.4 Å². The summed E-state index contributed by atoms with van der Waals surface area (Å²) < 4.78 is 0. The standard InChI is InChI=1S/C17H27N/c1-11-6-12(2)10-17(18,9-11)16-8-14(4)13(3)7-15(16)5/h7-8,11-12H,6,9-10,18H2,1-5H3. The second kappa shape index (κ2) is 4.70. The second-order valence-corrected chi connectivity index (χ2v) is 6.76. The van der Waals surface area contributed by atoms with Crippen molar-refractivity contribution in [2.24, 2.45) is 17.6 Å². The average molecular weight is 245 g/mol. The number of rotatable bonds is 1. The van der Waals surface area contributed by atoms with Gasteiger partial charge in [-0.2, -0.15) is 0 Å². The van der Waals surface area contributed by atoms with E-state index in [1.165, 1.54) is 28.7 Å². The fourth-order valence-corrected chi connectivity index (χ4v) is 3.90. The average Bonchev–Trinajstić information content (AvgIpc) is 2.21. The second-order valence-electron chi connectivity index (χ2n) is 6.76. The Hall–Kier alpha value is -0.820. The Morgan fingerprint density at radius 1 is 0.944 bits per heavy atom. The molecule has 0 aliphatic heterocycles. The molecule has 1 aromatic carbocycles. The molecule has 2 rings (SSSR count). The predicted molar refractivity (Wildman–Crippen MR) is 78.7 cm³/mol. The molecule has 1 saturated carbocycles. The number of benzene rings is 1. The molecule has 0 amide bonds. The van der Waals surface area contributed by atoms with E-state index in [0.29, 0.717) is 0 Å². The summed E-state index contributed by atoms with van der Waals surface area (Å²) in [6.45, 7) is 11.3. The van der Waals surface area contributed by atoms with Crippen LogP contribution in [0.15, 0.2) is 12.1 Å². The maximum atomic E-state index is 6.78. The summed E-state index contributed by atoms with van der Waals surface area (Å²) in [6, 6.07) is 4.62. The highest BCUT2D eigenvalue weighted by Gasteiger charge is 2.36. The van der Waals surface area contributed by atoms with Crippen LogP contribution in [0.5, 0.6) is 0 Å². The first-order valence-corrected chi connectivity index (χ1v) is 7.19. The van der Waals surface area contributed by atoms with E-state index in [1.54, 1.807) is 0 Å². The number of hydrogen-bond acceptors (Lipinski definition) is 1. The van der Waals surface area contributed by atoms with Gasteiger partial charge in [-0.1, -0.05) is 26.0 Å². The van der Waals surface area contributed by atoms with Gasteiger partial charge < -0.3 is 5.73 Å². The Morgan fingerprint density at radius 2 is 1.44 bits per heavy atom. The van der Waals surface area contributed by atoms with Crippen LogP contribution in [0.1, 0.15) is 55.4 Å². The van der Waals surface area contributed by atoms with Gasteiger partial charge in [0.2, 0.25) is 0 Å². The third-order valence-corrected chi connectivity index (χ3v) is 4.61. The normalized spacial score (nSPS) is 32.6. The van der Waals surface area contributed by atoms with Gasteiger partial charge in [0.1, 0.15) is 0 Å². The summed E-state index contributed by atoms with van der Waals surface area (Å²) in [7, 11) is 0. The Labute approximate surface area is 112 Å². The van der Waals surface area contributed by atoms with Crippen molar-refractivity contribution in [2.75, 3.05) is 0 Å². The molecular formula is C17H27N. The smallest absolute Gasteiger partial charge is 0.0417 e. The molecule has 1 heteroatoms. The van der Waals surface area contributed by atoms with Crippen molar-refractivity contribution in [3.8, 4) is 0 Å². The van der Waals surface area contributed by atoms with E-state index in [-0.39, 0.29) is 5.54 Å². The number of hydrogen-bond donors (Lipinski definition) is 1. The summed E-state index contributed by atoms with van der Waals surface area (Å²) in [5.41, 5.74) is 12.2. The largest absolute Gasteiger partial charge is 0.321 e. The third-order valence-electron chi connectivity index (χ3n) is 4.61. The van der Waals surface area contributed by atoms with Crippen LogP contribution in [0, 0.1) is 32.6 Å². The quantitative estimate of drug-likeness (QED) is 0.787. The summed E-state index contributed by atoms with van der Waals surface area (Å²) in [6.07, 6.45) is 3.57. The fourth-order valence-electron chi connectivity index (χ4n) is 3.90. The van der Waals surface area contributed by atoms with Crippen LogP contribution in [0.2, 0.25) is 0 Å². The number of nitrogens with two attached hydrogens (primary N) is 1. The van der Waals surface area contributed by atoms with Gasteiger partial charge in [-0.25, -0.2) is 0 Å². The molecule has 100 valence electrons. The minimum absolute atomic E-state index is 0.111. The summed E-state index contributed by atoms with van der Waals surface area (Å²) in [5, 5.41) is 0. The molecule has 1 aromatic rings. The monoisotopic (exact) mass is 245 g/mol. The van der Waals surface area contributed by atoms with Crippen LogP contribution in [-0.2, 0) is 5.54 Å². The molecule has 18 heavy (non-hydrogen) atoms. The summed E-state index contributed by atoms with van der Waals surface area (Å²) >= 11 is 0. The highest BCUT2D eigenvalue weighted by atomic mass is 14.8. The minimum Gasteiger partial charge on any atom is -0.321 e. The van der Waals surface area contributed by atoms with E-state index in [0.717, 1.165) is 24.7 Å². The molecule has 0 saturated heterocycles. The van der Waals surface area contributed by atoms with Crippen molar-refractivity contribution >= 4 is 0 Å². The zero-order valence-electron chi connectivity index (χ0n) is 12.5. The van der Waals surface area contributed by atoms with Crippen LogP contribution in [-0.4, -0.2) is 0 Å². The molecule has 0 spiro atoms. The van der Waals surface area contributed by atoms with Gasteiger partial charge in [0, 0.05) is 5.54 Å². The van der Waals surface area contributed by atoms with E-state index in [2.05, 4.69) is 46.8 Å². The minimum atomic E-state index is -0.111. The van der Waals surface area contributed by atoms with Crippen molar-refractivity contribution in [3.63, 3.8) is 0 Å². The van der Waals surface area contributed by atoms with E-state index in [9.17, 15) is 0 Å². The van der Waals surface area contributed by atoms with E-state index in [1.807, 2.05) is 0 Å². The Balaban J connectivity index is 2.43. The van der Waals surface area contributed by atoms with Crippen molar-refractivity contribution in [1.82, 2.24) is 0 Å². The molecule has 0 bridgehead atoms. The lowest BCUT2D eigenvalue weighted by Gasteiger charge is -2.41. The van der Waals surface area contributed by atoms with E-state index >= 15 is 0 Å². The molecule has 2 N–H and O–H groups in total. The molecule has 0 radical (unpaired) electrons. The predicted octanol–water partition coefficient (Wildman–Crippen LogP) is 4.22. The first-order valence-electron chi connectivity index (χ1n) is 7.19. The van der Waals surface area contributed by atoms with Gasteiger partial charge in [0.05, 0.1) is 0 Å². The summed E-state index contributed by atoms with van der Waals surface area (Å²) in [4.78, 5) is 0. The lowest BCUT2D eigenvalue weighted by Crippen LogP contribution is -2.44. The SMILES string of the molecule is Cc1cc(C)c(C2(N)CC(C)CC(C)C2)cc1C. The molecule has 0 aromatic heterocycles. The molecule has 0 heterocycles. The van der Waals surface area contributed by atoms with Gasteiger partial charge in [-0.3, -0.25) is 0 Å². The highest BCUT2D eigenvalue weighted by molar-refractivity contribution is 5.40. The molecular weight excluding hydrogens is 218 g/mol. The van der Waals surface area contributed by atoms with Crippen LogP contribution < -0.4 is 5.73 Å². The molecule has 1 nitrogen and oxygen atoms in total. The first kappa shape index (κ1) is 13.6. The van der Waals surface area contributed by atoms with Crippen LogP contribution in [0.4, 0.5) is 0 Å². The Morgan fingerprint density at radius 3 is 2.00 bits per heavy atom. The maximum Gasteiger partial charge on any atom is 0.0417 e. The van der Waals surface area contributed by atoms with Gasteiger partial charge in [0.15, 0.2) is 0 Å². The molecule has 2 atom stereocenters. The molecule has 2 unspecified atom stereocenters. The molecule has 1 aliphatic carbocycles. The fraction of sp³-hybridized carbons (Fsp3) is 0.647. The lowest BCUT2D eigenvalue weighted by atomic mass is 9.68. The maximum absolute atomic E-state index is 6.78. The van der Waals surface area contributed by atoms with E-state index < -0.39 is 0 Å². The van der Waals surface area contributed by atoms with Crippen molar-refractivity contribution in [1.29, 1.82) is 0 Å². The van der Waals surface area contributed by atoms with Crippen LogP contribution in [0.3, 0.4) is 0 Å². The number of aryl methyl sites for hydroxylation is 3. The van der Waals surface area contributed by atoms with Crippen molar-refractivity contribution < 1.29 is 0 Å². The zero-order valence-corrected chi connectivity index (χ0v) is 12.5. The topological polar surface area (TPSA) is 26.0 Å². The molecule has 1 aliphatic rings. The van der Waals surface area contributed by atoms with Crippen LogP contribution >= 0.6 is 0 Å². The summed E-state index contributed by atoms with van der Waals surface area (Å²) in [5.74, 6) is 1.47. The Bertz CT molecular complexity index is 437. The van der Waals surface area contributed by atoms with Gasteiger partial charge in [-0.15, -0.1) is 0 Å². The Kier molecular flexibility index (Phi) is 3.55. The van der Waals surface area contributed by atoms with Gasteiger partial charge in [0.25, 0.3) is 0 Å². The first-order chi connectivity index (χ1) is 8.32. The zero-order chi connectivity index (χ0) is 13.5. The highest BCUT2D eigenvalue weighted by Crippen LogP contribution is 2.42. The van der Waals surface area contributed by atoms with Crippen molar-refractivity contribution in [2.45, 2.75) is 59.4 Å². The van der Waals surface area contributed by atoms with E-state index in [4.69, 9.17) is 5.73 Å². The third kappa shape index (κ3) is 2.47.